The Morgan fingerprint density at radius 1 is 0.971 bits per heavy atom. The van der Waals surface area contributed by atoms with E-state index in [0.717, 1.165) is 22.3 Å². The van der Waals surface area contributed by atoms with Crippen molar-refractivity contribution in [2.24, 2.45) is 5.10 Å². The lowest BCUT2D eigenvalue weighted by Crippen LogP contribution is -2.36. The largest absolute Gasteiger partial charge is 0.496 e. The van der Waals surface area contributed by atoms with E-state index < -0.39 is 11.3 Å². The van der Waals surface area contributed by atoms with Gasteiger partial charge in [-0.3, -0.25) is 9.59 Å². The number of rotatable bonds is 6. The standard InChI is InChI=1S/C27H21N3O3S/c1-33-22-15-9-8-10-18(22)16-28-30-25(31)24-23-21(17-34-24)27(26(32)29-23,19-11-4-2-5-12-19)20-13-6-3-7-14-20/h2-17H,1H3,(H,29,32)(H,30,31)/b28-16-. The number of benzene rings is 3. The van der Waals surface area contributed by atoms with Crippen LogP contribution >= 0.6 is 11.3 Å². The quantitative estimate of drug-likeness (QED) is 0.316. The van der Waals surface area contributed by atoms with Gasteiger partial charge in [-0.1, -0.05) is 72.8 Å². The number of hydrogen-bond acceptors (Lipinski definition) is 5. The molecule has 2 heterocycles. The third-order valence-corrected chi connectivity index (χ3v) is 6.88. The van der Waals surface area contributed by atoms with Crippen LogP contribution in [-0.2, 0) is 10.2 Å². The molecule has 3 aromatic carbocycles. The maximum absolute atomic E-state index is 13.6. The van der Waals surface area contributed by atoms with Crippen LogP contribution in [0.1, 0.15) is 31.9 Å². The minimum atomic E-state index is -1.03. The van der Waals surface area contributed by atoms with E-state index in [0.29, 0.717) is 16.3 Å². The van der Waals surface area contributed by atoms with E-state index >= 15 is 0 Å². The van der Waals surface area contributed by atoms with Crippen molar-refractivity contribution < 1.29 is 14.3 Å². The first-order valence-corrected chi connectivity index (χ1v) is 11.5. The number of carbonyl (C=O) groups is 2. The number of hydrogen-bond donors (Lipinski definition) is 2. The fraction of sp³-hybridized carbons (Fsp3) is 0.0741. The molecule has 0 unspecified atom stereocenters. The molecule has 1 aromatic heterocycles. The molecule has 0 atom stereocenters. The van der Waals surface area contributed by atoms with Gasteiger partial charge >= 0.3 is 0 Å². The second kappa shape index (κ2) is 8.96. The highest BCUT2D eigenvalue weighted by Crippen LogP contribution is 2.50. The fourth-order valence-electron chi connectivity index (χ4n) is 4.36. The molecule has 2 amide bonds. The summed E-state index contributed by atoms with van der Waals surface area (Å²) in [6, 6.07) is 26.6. The van der Waals surface area contributed by atoms with Crippen molar-refractivity contribution in [2.45, 2.75) is 5.41 Å². The minimum absolute atomic E-state index is 0.186. The average Bonchev–Trinajstić information content (AvgIpc) is 3.42. The van der Waals surface area contributed by atoms with Crippen molar-refractivity contribution in [3.8, 4) is 5.75 Å². The third-order valence-electron chi connectivity index (χ3n) is 5.90. The Morgan fingerprint density at radius 2 is 1.59 bits per heavy atom. The van der Waals surface area contributed by atoms with E-state index in [1.54, 1.807) is 7.11 Å². The lowest BCUT2D eigenvalue weighted by Gasteiger charge is -2.28. The number of amides is 2. The molecule has 0 saturated heterocycles. The van der Waals surface area contributed by atoms with Gasteiger partial charge in [0.2, 0.25) is 5.91 Å². The molecule has 34 heavy (non-hydrogen) atoms. The molecule has 6 nitrogen and oxygen atoms in total. The molecule has 7 heteroatoms. The van der Waals surface area contributed by atoms with Crippen LogP contribution in [0.15, 0.2) is 95.4 Å². The Morgan fingerprint density at radius 3 is 2.24 bits per heavy atom. The minimum Gasteiger partial charge on any atom is -0.496 e. The molecule has 0 spiro atoms. The van der Waals surface area contributed by atoms with E-state index in [4.69, 9.17) is 4.74 Å². The Balaban J connectivity index is 1.51. The zero-order chi connectivity index (χ0) is 23.5. The van der Waals surface area contributed by atoms with Crippen LogP contribution in [0.2, 0.25) is 0 Å². The first kappa shape index (κ1) is 21.6. The molecule has 1 aliphatic rings. The molecular formula is C27H21N3O3S. The van der Waals surface area contributed by atoms with Crippen LogP contribution in [-0.4, -0.2) is 25.1 Å². The maximum Gasteiger partial charge on any atom is 0.283 e. The summed E-state index contributed by atoms with van der Waals surface area (Å²) in [5.41, 5.74) is 5.25. The van der Waals surface area contributed by atoms with Crippen LogP contribution in [0.3, 0.4) is 0 Å². The molecule has 0 aliphatic carbocycles. The third kappa shape index (κ3) is 3.47. The topological polar surface area (TPSA) is 79.8 Å². The van der Waals surface area contributed by atoms with E-state index in [1.165, 1.54) is 17.6 Å². The van der Waals surface area contributed by atoms with Crippen LogP contribution in [0, 0.1) is 0 Å². The Labute approximate surface area is 200 Å². The maximum atomic E-state index is 13.6. The summed E-state index contributed by atoms with van der Waals surface area (Å²) in [5, 5.41) is 8.95. The smallest absolute Gasteiger partial charge is 0.283 e. The van der Waals surface area contributed by atoms with Crippen molar-refractivity contribution >= 4 is 35.1 Å². The monoisotopic (exact) mass is 467 g/mol. The normalized spacial score (nSPS) is 14.0. The Kier molecular flexibility index (Phi) is 5.69. The second-order valence-electron chi connectivity index (χ2n) is 7.73. The van der Waals surface area contributed by atoms with Crippen molar-refractivity contribution in [1.29, 1.82) is 0 Å². The molecule has 1 aliphatic heterocycles. The molecule has 4 aromatic rings. The molecule has 0 radical (unpaired) electrons. The number of ether oxygens (including phenoxy) is 1. The van der Waals surface area contributed by atoms with E-state index in [2.05, 4.69) is 15.8 Å². The van der Waals surface area contributed by atoms with Gasteiger partial charge in [-0.25, -0.2) is 5.43 Å². The zero-order valence-electron chi connectivity index (χ0n) is 18.3. The van der Waals surface area contributed by atoms with Gasteiger partial charge in [0, 0.05) is 11.1 Å². The molecule has 2 N–H and O–H groups in total. The summed E-state index contributed by atoms with van der Waals surface area (Å²) < 4.78 is 5.31. The number of anilines is 1. The molecular weight excluding hydrogens is 446 g/mol. The van der Waals surface area contributed by atoms with Gasteiger partial charge in [-0.2, -0.15) is 5.10 Å². The summed E-state index contributed by atoms with van der Waals surface area (Å²) in [6.07, 6.45) is 1.53. The lowest BCUT2D eigenvalue weighted by atomic mass is 9.71. The molecule has 0 saturated carbocycles. The number of thiophene rings is 1. The predicted molar refractivity (Wildman–Crippen MR) is 134 cm³/mol. The van der Waals surface area contributed by atoms with Crippen LogP contribution < -0.4 is 15.5 Å². The van der Waals surface area contributed by atoms with Gasteiger partial charge < -0.3 is 10.1 Å². The highest BCUT2D eigenvalue weighted by atomic mass is 32.1. The second-order valence-corrected chi connectivity index (χ2v) is 8.61. The van der Waals surface area contributed by atoms with Crippen molar-refractivity contribution in [3.05, 3.63) is 117 Å². The van der Waals surface area contributed by atoms with E-state index in [-0.39, 0.29) is 5.91 Å². The number of nitrogens with zero attached hydrogens (tertiary/aromatic N) is 1. The van der Waals surface area contributed by atoms with Crippen LogP contribution in [0.5, 0.6) is 5.75 Å². The highest BCUT2D eigenvalue weighted by Gasteiger charge is 2.51. The van der Waals surface area contributed by atoms with Gasteiger partial charge in [0.15, 0.2) is 0 Å². The molecule has 5 rings (SSSR count). The fourth-order valence-corrected chi connectivity index (χ4v) is 5.32. The molecule has 0 fully saturated rings. The number of hydrazone groups is 1. The summed E-state index contributed by atoms with van der Waals surface area (Å²) in [5.74, 6) is 0.0733. The summed E-state index contributed by atoms with van der Waals surface area (Å²) in [4.78, 5) is 27.0. The van der Waals surface area contributed by atoms with Gasteiger partial charge in [-0.05, 0) is 28.6 Å². The number of fused-ring (bicyclic) bond motifs is 1. The number of para-hydroxylation sites is 1. The number of nitrogens with one attached hydrogen (secondary N) is 2. The first-order valence-electron chi connectivity index (χ1n) is 10.7. The van der Waals surface area contributed by atoms with Gasteiger partial charge in [-0.15, -0.1) is 11.3 Å². The van der Waals surface area contributed by atoms with Gasteiger partial charge in [0.05, 0.1) is 19.0 Å². The lowest BCUT2D eigenvalue weighted by molar-refractivity contribution is -0.118. The van der Waals surface area contributed by atoms with Crippen molar-refractivity contribution in [2.75, 3.05) is 12.4 Å². The zero-order valence-corrected chi connectivity index (χ0v) is 19.1. The summed E-state index contributed by atoms with van der Waals surface area (Å²) >= 11 is 1.28. The van der Waals surface area contributed by atoms with Crippen molar-refractivity contribution in [1.82, 2.24) is 5.43 Å². The summed E-state index contributed by atoms with van der Waals surface area (Å²) in [7, 11) is 1.58. The van der Waals surface area contributed by atoms with E-state index in [1.807, 2.05) is 90.3 Å². The van der Waals surface area contributed by atoms with Crippen LogP contribution in [0.25, 0.3) is 0 Å². The van der Waals surface area contributed by atoms with Gasteiger partial charge in [0.1, 0.15) is 16.0 Å². The van der Waals surface area contributed by atoms with E-state index in [9.17, 15) is 9.59 Å². The van der Waals surface area contributed by atoms with Crippen LogP contribution in [0.4, 0.5) is 5.69 Å². The van der Waals surface area contributed by atoms with Gasteiger partial charge in [0.25, 0.3) is 5.91 Å². The Bertz CT molecular complexity index is 1340. The molecule has 0 bridgehead atoms. The first-order chi connectivity index (χ1) is 16.7. The highest BCUT2D eigenvalue weighted by molar-refractivity contribution is 7.13. The SMILES string of the molecule is COc1ccccc1/C=N\NC(=O)c1scc2c1NC(=O)C2(c1ccccc1)c1ccccc1. The predicted octanol–water partition coefficient (Wildman–Crippen LogP) is 4.81. The summed E-state index contributed by atoms with van der Waals surface area (Å²) in [6.45, 7) is 0. The van der Waals surface area contributed by atoms with Crippen molar-refractivity contribution in [3.63, 3.8) is 0 Å². The molecule has 168 valence electrons. The number of methoxy groups -OCH3 is 1. The number of carbonyl (C=O) groups excluding carboxylic acids is 2. The Hall–Kier alpha value is -4.23. The average molecular weight is 468 g/mol.